The third-order valence-corrected chi connectivity index (χ3v) is 5.87. The number of nitrogens with zero attached hydrogens (tertiary/aromatic N) is 1. The molecule has 2 aromatic carbocycles. The Balaban J connectivity index is 1.72. The van der Waals surface area contributed by atoms with Crippen LogP contribution in [0.2, 0.25) is 0 Å². The molecule has 1 aliphatic rings. The first-order chi connectivity index (χ1) is 14.2. The zero-order valence-corrected chi connectivity index (χ0v) is 18.0. The van der Waals surface area contributed by atoms with Crippen LogP contribution < -0.4 is 0 Å². The zero-order chi connectivity index (χ0) is 21.5. The second-order valence-electron chi connectivity index (χ2n) is 9.24. The van der Waals surface area contributed by atoms with E-state index in [-0.39, 0.29) is 18.0 Å². The van der Waals surface area contributed by atoms with Gasteiger partial charge in [-0.3, -0.25) is 0 Å². The van der Waals surface area contributed by atoms with E-state index in [0.29, 0.717) is 12.5 Å². The van der Waals surface area contributed by atoms with Crippen LogP contribution in [0.1, 0.15) is 39.7 Å². The van der Waals surface area contributed by atoms with Crippen molar-refractivity contribution >= 4 is 17.0 Å². The van der Waals surface area contributed by atoms with E-state index < -0.39 is 5.60 Å². The number of carbonyl (C=O) groups excluding carboxylic acids is 1. The SMILES string of the molecule is C[C@@H]1CCN(C(=O)OC(C)(C)C)[C@@H]1Cc1c(-c2ccc(F)cc2)[nH]c2ccccc12. The van der Waals surface area contributed by atoms with Crippen LogP contribution in [0, 0.1) is 11.7 Å². The fourth-order valence-electron chi connectivity index (χ4n) is 4.35. The van der Waals surface area contributed by atoms with Gasteiger partial charge in [-0.15, -0.1) is 0 Å². The molecule has 0 radical (unpaired) electrons. The number of carbonyl (C=O) groups is 1. The Bertz CT molecular complexity index is 1050. The Morgan fingerprint density at radius 3 is 2.57 bits per heavy atom. The lowest BCUT2D eigenvalue weighted by Crippen LogP contribution is -2.42. The van der Waals surface area contributed by atoms with Crippen molar-refractivity contribution < 1.29 is 13.9 Å². The molecule has 0 aliphatic carbocycles. The molecule has 1 N–H and O–H groups in total. The monoisotopic (exact) mass is 408 g/mol. The van der Waals surface area contributed by atoms with Gasteiger partial charge in [0.15, 0.2) is 0 Å². The molecule has 1 amide bonds. The zero-order valence-electron chi connectivity index (χ0n) is 18.0. The van der Waals surface area contributed by atoms with Gasteiger partial charge in [0.1, 0.15) is 11.4 Å². The molecule has 1 fully saturated rings. The van der Waals surface area contributed by atoms with Gasteiger partial charge < -0.3 is 14.6 Å². The van der Waals surface area contributed by atoms with E-state index in [4.69, 9.17) is 4.74 Å². The molecular weight excluding hydrogens is 379 g/mol. The molecule has 1 saturated heterocycles. The average molecular weight is 409 g/mol. The molecule has 0 saturated carbocycles. The van der Waals surface area contributed by atoms with Crippen molar-refractivity contribution in [3.05, 3.63) is 59.9 Å². The van der Waals surface area contributed by atoms with E-state index in [1.807, 2.05) is 37.8 Å². The minimum atomic E-state index is -0.520. The van der Waals surface area contributed by atoms with Crippen molar-refractivity contribution in [1.82, 2.24) is 9.88 Å². The molecule has 4 nitrogen and oxygen atoms in total. The summed E-state index contributed by atoms with van der Waals surface area (Å²) < 4.78 is 19.2. The number of para-hydroxylation sites is 1. The van der Waals surface area contributed by atoms with Gasteiger partial charge in [0.05, 0.1) is 0 Å². The summed E-state index contributed by atoms with van der Waals surface area (Å²) in [5.74, 6) is 0.115. The lowest BCUT2D eigenvalue weighted by Gasteiger charge is -2.30. The van der Waals surface area contributed by atoms with Gasteiger partial charge in [0.25, 0.3) is 0 Å². The van der Waals surface area contributed by atoms with Gasteiger partial charge >= 0.3 is 6.09 Å². The lowest BCUT2D eigenvalue weighted by molar-refractivity contribution is 0.0211. The third-order valence-electron chi connectivity index (χ3n) is 5.87. The Labute approximate surface area is 177 Å². The summed E-state index contributed by atoms with van der Waals surface area (Å²) in [5, 5.41) is 1.14. The van der Waals surface area contributed by atoms with Crippen molar-refractivity contribution in [3.63, 3.8) is 0 Å². The maximum Gasteiger partial charge on any atom is 0.410 e. The van der Waals surface area contributed by atoms with Crippen LogP contribution in [0.15, 0.2) is 48.5 Å². The first-order valence-corrected chi connectivity index (χ1v) is 10.6. The summed E-state index contributed by atoms with van der Waals surface area (Å²) in [5.41, 5.74) is 3.61. The van der Waals surface area contributed by atoms with Gasteiger partial charge in [-0.25, -0.2) is 9.18 Å². The highest BCUT2D eigenvalue weighted by atomic mass is 19.1. The van der Waals surface area contributed by atoms with E-state index in [0.717, 1.165) is 40.6 Å². The van der Waals surface area contributed by atoms with Crippen molar-refractivity contribution in [2.45, 2.75) is 52.2 Å². The molecule has 1 aliphatic heterocycles. The first-order valence-electron chi connectivity index (χ1n) is 10.6. The maximum atomic E-state index is 13.5. The number of ether oxygens (including phenoxy) is 1. The summed E-state index contributed by atoms with van der Waals surface area (Å²) in [4.78, 5) is 18.3. The number of hydrogen-bond acceptors (Lipinski definition) is 2. The smallest absolute Gasteiger partial charge is 0.410 e. The highest BCUT2D eigenvalue weighted by molar-refractivity contribution is 5.91. The summed E-state index contributed by atoms with van der Waals surface area (Å²) >= 11 is 0. The standard InChI is InChI=1S/C25H29FN2O2/c1-16-13-14-28(24(29)30-25(2,3)4)22(16)15-20-19-7-5-6-8-21(19)27-23(20)17-9-11-18(26)12-10-17/h5-12,16,22,27H,13-15H2,1-4H3/t16-,22-/m1/s1. The van der Waals surface area contributed by atoms with E-state index in [1.165, 1.54) is 12.1 Å². The van der Waals surface area contributed by atoms with Gasteiger partial charge in [-0.2, -0.15) is 0 Å². The van der Waals surface area contributed by atoms with Crippen LogP contribution in [0.3, 0.4) is 0 Å². The summed E-state index contributed by atoms with van der Waals surface area (Å²) in [6, 6.07) is 14.8. The first kappa shape index (κ1) is 20.5. The van der Waals surface area contributed by atoms with E-state index >= 15 is 0 Å². The molecule has 4 rings (SSSR count). The maximum absolute atomic E-state index is 13.5. The number of aromatic nitrogens is 1. The molecule has 2 heterocycles. The van der Waals surface area contributed by atoms with Crippen molar-refractivity contribution in [1.29, 1.82) is 0 Å². The van der Waals surface area contributed by atoms with Gasteiger partial charge in [-0.1, -0.05) is 25.1 Å². The Hall–Kier alpha value is -2.82. The number of nitrogens with one attached hydrogen (secondary N) is 1. The van der Waals surface area contributed by atoms with Gasteiger partial charge in [-0.05, 0) is 81.0 Å². The summed E-state index contributed by atoms with van der Waals surface area (Å²) in [6.45, 7) is 8.58. The fourth-order valence-corrected chi connectivity index (χ4v) is 4.35. The Kier molecular flexibility index (Phi) is 5.31. The predicted molar refractivity (Wildman–Crippen MR) is 118 cm³/mol. The Morgan fingerprint density at radius 1 is 1.17 bits per heavy atom. The Morgan fingerprint density at radius 2 is 1.87 bits per heavy atom. The molecule has 3 aromatic rings. The number of fused-ring (bicyclic) bond motifs is 1. The topological polar surface area (TPSA) is 45.3 Å². The van der Waals surface area contributed by atoms with Crippen LogP contribution in [0.4, 0.5) is 9.18 Å². The normalized spacial score (nSPS) is 19.4. The third kappa shape index (κ3) is 4.07. The number of rotatable bonds is 3. The lowest BCUT2D eigenvalue weighted by atomic mass is 9.93. The second kappa shape index (κ2) is 7.78. The van der Waals surface area contributed by atoms with Crippen LogP contribution in [-0.4, -0.2) is 34.2 Å². The average Bonchev–Trinajstić information content (AvgIpc) is 3.23. The molecule has 0 bridgehead atoms. The number of likely N-dealkylation sites (tertiary alicyclic amines) is 1. The van der Waals surface area contributed by atoms with Gasteiger partial charge in [0.2, 0.25) is 0 Å². The summed E-state index contributed by atoms with van der Waals surface area (Å²) in [6.07, 6.45) is 1.43. The minimum absolute atomic E-state index is 0.0539. The van der Waals surface area contributed by atoms with Crippen LogP contribution in [0.25, 0.3) is 22.2 Å². The minimum Gasteiger partial charge on any atom is -0.444 e. The largest absolute Gasteiger partial charge is 0.444 e. The molecule has 158 valence electrons. The van der Waals surface area contributed by atoms with Crippen LogP contribution in [-0.2, 0) is 11.2 Å². The highest BCUT2D eigenvalue weighted by Gasteiger charge is 2.37. The molecule has 5 heteroatoms. The van der Waals surface area contributed by atoms with E-state index in [1.54, 1.807) is 12.1 Å². The molecule has 1 aromatic heterocycles. The van der Waals surface area contributed by atoms with Gasteiger partial charge in [0, 0.05) is 29.2 Å². The predicted octanol–water partition coefficient (Wildman–Crippen LogP) is 6.16. The van der Waals surface area contributed by atoms with Crippen LogP contribution >= 0.6 is 0 Å². The number of aromatic amines is 1. The molecule has 0 unspecified atom stereocenters. The number of halogens is 1. The molecular formula is C25H29FN2O2. The summed E-state index contributed by atoms with van der Waals surface area (Å²) in [7, 11) is 0. The van der Waals surface area contributed by atoms with E-state index in [2.05, 4.69) is 24.0 Å². The highest BCUT2D eigenvalue weighted by Crippen LogP contribution is 2.36. The number of hydrogen-bond donors (Lipinski definition) is 1. The number of amides is 1. The van der Waals surface area contributed by atoms with Crippen molar-refractivity contribution in [2.24, 2.45) is 5.92 Å². The molecule has 0 spiro atoms. The van der Waals surface area contributed by atoms with Crippen molar-refractivity contribution in [3.8, 4) is 11.3 Å². The molecule has 2 atom stereocenters. The quantitative estimate of drug-likeness (QED) is 0.564. The van der Waals surface area contributed by atoms with Crippen molar-refractivity contribution in [2.75, 3.05) is 6.54 Å². The fraction of sp³-hybridized carbons (Fsp3) is 0.400. The van der Waals surface area contributed by atoms with Crippen LogP contribution in [0.5, 0.6) is 0 Å². The number of benzene rings is 2. The molecule has 30 heavy (non-hydrogen) atoms. The van der Waals surface area contributed by atoms with E-state index in [9.17, 15) is 9.18 Å². The number of H-pyrrole nitrogens is 1. The second-order valence-corrected chi connectivity index (χ2v) is 9.24.